The Kier molecular flexibility index (Phi) is 1.64. The van der Waals surface area contributed by atoms with E-state index in [2.05, 4.69) is 10.3 Å². The summed E-state index contributed by atoms with van der Waals surface area (Å²) in [5, 5.41) is 2.75. The van der Waals surface area contributed by atoms with Crippen molar-refractivity contribution in [1.82, 2.24) is 5.32 Å². The molecule has 1 fully saturated rings. The smallest absolute Gasteiger partial charge is 0.253 e. The van der Waals surface area contributed by atoms with Crippen molar-refractivity contribution in [1.29, 1.82) is 0 Å². The van der Waals surface area contributed by atoms with Crippen LogP contribution in [-0.2, 0) is 4.79 Å². The quantitative estimate of drug-likeness (QED) is 0.655. The minimum atomic E-state index is -0.790. The number of rotatable bonds is 1. The molecule has 0 aromatic heterocycles. The van der Waals surface area contributed by atoms with Crippen molar-refractivity contribution in [2.24, 2.45) is 10.9 Å². The maximum Gasteiger partial charge on any atom is 0.253 e. The number of hydrogen-bond donors (Lipinski definition) is 1. The molecular formula is C10H16N2O. The third-order valence-electron chi connectivity index (χ3n) is 2.88. The molecule has 0 bridgehead atoms. The van der Waals surface area contributed by atoms with Gasteiger partial charge in [0.1, 0.15) is 11.4 Å². The molecule has 2 rings (SSSR count). The maximum atomic E-state index is 11.7. The van der Waals surface area contributed by atoms with E-state index in [1.54, 1.807) is 13.8 Å². The number of amides is 1. The average molecular weight is 182 g/mol. The zero-order valence-electron chi connectivity index (χ0n) is 9.18. The number of nitrogens with one attached hydrogen (secondary N) is 1. The molecule has 0 unspecified atom stereocenters. The number of nitrogens with zero attached hydrogens (tertiary/aromatic N) is 1. The second kappa shape index (κ2) is 2.82. The number of aliphatic imine (C=N–C) groups is 1. The lowest BCUT2D eigenvalue weighted by Crippen LogP contribution is -2.37. The minimum absolute atomic E-state index is 0.00493. The molecule has 0 atom stereocenters. The minimum Gasteiger partial charge on any atom is -0.312 e. The first-order valence-electron chi connectivity index (χ1n) is 5.36. The summed E-state index contributed by atoms with van der Waals surface area (Å²) < 4.78 is 7.82. The highest BCUT2D eigenvalue weighted by Gasteiger charge is 2.45. The number of amidine groups is 1. The first-order chi connectivity index (χ1) is 6.44. The molecule has 1 aliphatic carbocycles. The summed E-state index contributed by atoms with van der Waals surface area (Å²) in [6.07, 6.45) is 3.84. The lowest BCUT2D eigenvalue weighted by atomic mass is 9.99. The summed E-state index contributed by atoms with van der Waals surface area (Å²) in [6, 6.07) is 0. The van der Waals surface area contributed by atoms with Crippen LogP contribution in [0.5, 0.6) is 0 Å². The Morgan fingerprint density at radius 1 is 1.54 bits per heavy atom. The van der Waals surface area contributed by atoms with Crippen molar-refractivity contribution >= 4 is 11.7 Å². The van der Waals surface area contributed by atoms with Gasteiger partial charge in [0.05, 0.1) is 0 Å². The maximum absolute atomic E-state index is 11.7. The largest absolute Gasteiger partial charge is 0.312 e. The lowest BCUT2D eigenvalue weighted by molar-refractivity contribution is -0.123. The van der Waals surface area contributed by atoms with Crippen LogP contribution in [0.25, 0.3) is 0 Å². The van der Waals surface area contributed by atoms with E-state index in [1.165, 1.54) is 0 Å². The molecule has 0 aromatic carbocycles. The van der Waals surface area contributed by atoms with E-state index >= 15 is 0 Å². The van der Waals surface area contributed by atoms with Gasteiger partial charge >= 0.3 is 0 Å². The molecule has 1 heterocycles. The van der Waals surface area contributed by atoms with Gasteiger partial charge < -0.3 is 5.32 Å². The molecule has 3 heteroatoms. The molecule has 2 aliphatic rings. The molecule has 1 amide bonds. The normalized spacial score (nSPS) is 27.4. The van der Waals surface area contributed by atoms with Crippen molar-refractivity contribution in [3.63, 3.8) is 0 Å². The Bertz CT molecular complexity index is 298. The van der Waals surface area contributed by atoms with Crippen molar-refractivity contribution in [3.8, 4) is 0 Å². The van der Waals surface area contributed by atoms with Gasteiger partial charge in [-0.1, -0.05) is 26.7 Å². The van der Waals surface area contributed by atoms with Crippen LogP contribution in [-0.4, -0.2) is 17.3 Å². The molecule has 72 valence electrons. The molecule has 0 radical (unpaired) electrons. The van der Waals surface area contributed by atoms with E-state index in [0.29, 0.717) is 5.84 Å². The van der Waals surface area contributed by atoms with Gasteiger partial charge in [-0.3, -0.25) is 9.79 Å². The van der Waals surface area contributed by atoms with Crippen LogP contribution in [0.2, 0.25) is 0 Å². The lowest BCUT2D eigenvalue weighted by Gasteiger charge is -2.14. The summed E-state index contributed by atoms with van der Waals surface area (Å²) in [5.74, 6) is -0.253. The Labute approximate surface area is 80.0 Å². The Balaban J connectivity index is 2.29. The van der Waals surface area contributed by atoms with Gasteiger partial charge in [0.2, 0.25) is 0 Å². The highest BCUT2D eigenvalue weighted by Crippen LogP contribution is 2.36. The topological polar surface area (TPSA) is 41.5 Å². The van der Waals surface area contributed by atoms with E-state index in [-0.39, 0.29) is 5.91 Å². The van der Waals surface area contributed by atoms with Gasteiger partial charge in [-0.2, -0.15) is 0 Å². The standard InChI is InChI=1S/C10H16N2O/c1-7(2)8-11-9(13)10(12-8)5-3-4-6-10/h7H,3-6H2,1-2H3,(H,11,12,13)/i7T. The molecule has 3 nitrogen and oxygen atoms in total. The van der Waals surface area contributed by atoms with Crippen molar-refractivity contribution in [2.45, 2.75) is 45.1 Å². The van der Waals surface area contributed by atoms with Crippen LogP contribution >= 0.6 is 0 Å². The SMILES string of the molecule is [3H]C(C)(C)C1=NC2(CCCC2)C(=O)N1. The molecular weight excluding hydrogens is 164 g/mol. The van der Waals surface area contributed by atoms with Gasteiger partial charge in [-0.05, 0) is 12.8 Å². The molecule has 1 spiro atoms. The predicted molar refractivity (Wildman–Crippen MR) is 51.6 cm³/mol. The summed E-state index contributed by atoms with van der Waals surface area (Å²) >= 11 is 0. The molecule has 1 aliphatic heterocycles. The average Bonchev–Trinajstić information content (AvgIpc) is 2.62. The van der Waals surface area contributed by atoms with Gasteiger partial charge in [-0.25, -0.2) is 0 Å². The van der Waals surface area contributed by atoms with Gasteiger partial charge in [0.25, 0.3) is 5.91 Å². The van der Waals surface area contributed by atoms with E-state index < -0.39 is 11.4 Å². The van der Waals surface area contributed by atoms with Crippen LogP contribution in [0.4, 0.5) is 0 Å². The van der Waals surface area contributed by atoms with E-state index in [4.69, 9.17) is 1.37 Å². The van der Waals surface area contributed by atoms with Crippen LogP contribution < -0.4 is 5.32 Å². The fourth-order valence-corrected chi connectivity index (χ4v) is 2.05. The molecule has 1 N–H and O–H groups in total. The van der Waals surface area contributed by atoms with Crippen LogP contribution in [0.3, 0.4) is 0 Å². The third kappa shape index (κ3) is 1.26. The summed E-state index contributed by atoms with van der Waals surface area (Å²) in [7, 11) is 0. The Morgan fingerprint density at radius 2 is 2.15 bits per heavy atom. The van der Waals surface area contributed by atoms with Crippen molar-refractivity contribution in [2.75, 3.05) is 0 Å². The third-order valence-corrected chi connectivity index (χ3v) is 2.88. The molecule has 0 saturated heterocycles. The monoisotopic (exact) mass is 182 g/mol. The van der Waals surface area contributed by atoms with Gasteiger partial charge in [0, 0.05) is 7.26 Å². The summed E-state index contributed by atoms with van der Waals surface area (Å²) in [5.41, 5.74) is -0.506. The number of carbonyl (C=O) groups excluding carboxylic acids is 1. The van der Waals surface area contributed by atoms with Crippen LogP contribution in [0.1, 0.15) is 40.9 Å². The Morgan fingerprint density at radius 3 is 2.62 bits per heavy atom. The second-order valence-corrected chi connectivity index (χ2v) is 4.15. The summed E-state index contributed by atoms with van der Waals surface area (Å²) in [4.78, 5) is 16.2. The molecule has 1 saturated carbocycles. The van der Waals surface area contributed by atoms with Crippen molar-refractivity contribution < 1.29 is 6.17 Å². The van der Waals surface area contributed by atoms with Gasteiger partial charge in [-0.15, -0.1) is 0 Å². The number of carbonyl (C=O) groups is 1. The highest BCUT2D eigenvalue weighted by atomic mass is 16.2. The predicted octanol–water partition coefficient (Wildman–Crippen LogP) is 1.48. The zero-order valence-corrected chi connectivity index (χ0v) is 8.18. The molecule has 13 heavy (non-hydrogen) atoms. The molecule has 0 aromatic rings. The fourth-order valence-electron chi connectivity index (χ4n) is 2.05. The fraction of sp³-hybridized carbons (Fsp3) is 0.800. The highest BCUT2D eigenvalue weighted by molar-refractivity contribution is 6.09. The van der Waals surface area contributed by atoms with Gasteiger partial charge in [0.15, 0.2) is 0 Å². The van der Waals surface area contributed by atoms with E-state index in [0.717, 1.165) is 25.7 Å². The zero-order chi connectivity index (χ0) is 10.4. The summed E-state index contributed by atoms with van der Waals surface area (Å²) in [6.45, 7) is 3.50. The second-order valence-electron chi connectivity index (χ2n) is 4.15. The Hall–Kier alpha value is -0.860. The first-order valence-corrected chi connectivity index (χ1v) is 4.86. The van der Waals surface area contributed by atoms with Crippen LogP contribution in [0, 0.1) is 5.89 Å². The van der Waals surface area contributed by atoms with Crippen molar-refractivity contribution in [3.05, 3.63) is 0 Å². The number of hydrogen-bond acceptors (Lipinski definition) is 2. The first kappa shape index (κ1) is 7.54. The van der Waals surface area contributed by atoms with Crippen LogP contribution in [0.15, 0.2) is 4.99 Å². The van der Waals surface area contributed by atoms with E-state index in [1.807, 2.05) is 0 Å². The van der Waals surface area contributed by atoms with E-state index in [9.17, 15) is 4.79 Å².